The van der Waals surface area contributed by atoms with Crippen LogP contribution in [0.2, 0.25) is 0 Å². The molecule has 19 heavy (non-hydrogen) atoms. The van der Waals surface area contributed by atoms with Crippen LogP contribution in [0.4, 0.5) is 11.6 Å². The molecular weight excluding hydrogens is 254 g/mol. The van der Waals surface area contributed by atoms with Crippen LogP contribution >= 0.6 is 0 Å². The zero-order chi connectivity index (χ0) is 14.3. The molecule has 1 aromatic heterocycles. The lowest BCUT2D eigenvalue weighted by Gasteiger charge is -2.12. The molecule has 1 saturated heterocycles. The summed E-state index contributed by atoms with van der Waals surface area (Å²) >= 11 is 0. The van der Waals surface area contributed by atoms with Crippen LogP contribution in [0.15, 0.2) is 0 Å². The molecule has 1 aromatic rings. The van der Waals surface area contributed by atoms with Crippen LogP contribution in [0.5, 0.6) is 0 Å². The summed E-state index contributed by atoms with van der Waals surface area (Å²) in [5, 5.41) is 13.6. The summed E-state index contributed by atoms with van der Waals surface area (Å²) in [5.41, 5.74) is 0. The first kappa shape index (κ1) is 13.0. The second kappa shape index (κ2) is 4.34. The van der Waals surface area contributed by atoms with Gasteiger partial charge in [-0.3, -0.25) is 19.1 Å². The van der Waals surface area contributed by atoms with E-state index >= 15 is 0 Å². The summed E-state index contributed by atoms with van der Waals surface area (Å²) < 4.78 is 1.48. The van der Waals surface area contributed by atoms with Gasteiger partial charge in [-0.15, -0.1) is 0 Å². The molecule has 1 atom stereocenters. The average molecular weight is 267 g/mol. The van der Waals surface area contributed by atoms with Crippen molar-refractivity contribution in [2.75, 3.05) is 12.4 Å². The number of rotatable bonds is 3. The zero-order valence-electron chi connectivity index (χ0n) is 10.7. The Morgan fingerprint density at radius 2 is 2.05 bits per heavy atom. The Labute approximate surface area is 108 Å². The van der Waals surface area contributed by atoms with Gasteiger partial charge in [0.05, 0.1) is 6.42 Å². The van der Waals surface area contributed by atoms with Crippen molar-refractivity contribution >= 4 is 23.5 Å². The first-order valence-corrected chi connectivity index (χ1v) is 5.57. The number of aryl methyl sites for hydroxylation is 1. The molecule has 102 valence electrons. The summed E-state index contributed by atoms with van der Waals surface area (Å²) in [5.74, 6) is -0.500. The predicted octanol–water partition coefficient (Wildman–Crippen LogP) is -0.194. The van der Waals surface area contributed by atoms with Crippen LogP contribution in [0.3, 0.4) is 0 Å². The predicted molar refractivity (Wildman–Crippen MR) is 64.4 cm³/mol. The van der Waals surface area contributed by atoms with E-state index < -0.39 is 16.9 Å². The number of imide groups is 1. The van der Waals surface area contributed by atoms with Gasteiger partial charge in [-0.1, -0.05) is 0 Å². The van der Waals surface area contributed by atoms with Crippen molar-refractivity contribution in [3.05, 3.63) is 15.9 Å². The summed E-state index contributed by atoms with van der Waals surface area (Å²) in [4.78, 5) is 38.3. The van der Waals surface area contributed by atoms with Gasteiger partial charge in [-0.05, 0) is 9.91 Å². The van der Waals surface area contributed by atoms with Gasteiger partial charge in [-0.25, -0.2) is 0 Å². The Hall–Kier alpha value is -2.45. The highest BCUT2D eigenvalue weighted by Crippen LogP contribution is 2.26. The molecule has 1 aliphatic heterocycles. The zero-order valence-corrected chi connectivity index (χ0v) is 10.7. The second-order valence-corrected chi connectivity index (χ2v) is 4.34. The monoisotopic (exact) mass is 267 g/mol. The fraction of sp³-hybridized carbons (Fsp3) is 0.500. The van der Waals surface area contributed by atoms with Gasteiger partial charge in [-0.2, -0.15) is 0 Å². The van der Waals surface area contributed by atoms with Crippen molar-refractivity contribution in [3.63, 3.8) is 0 Å². The summed E-state index contributed by atoms with van der Waals surface area (Å²) in [6.07, 6.45) is -0.0171. The van der Waals surface area contributed by atoms with E-state index in [-0.39, 0.29) is 24.0 Å². The molecule has 1 aliphatic rings. The van der Waals surface area contributed by atoms with Crippen molar-refractivity contribution in [2.45, 2.75) is 19.4 Å². The van der Waals surface area contributed by atoms with Crippen molar-refractivity contribution in [1.29, 1.82) is 0 Å². The molecule has 2 heterocycles. The average Bonchev–Trinajstić information content (AvgIpc) is 2.75. The molecular formula is C10H13N5O4. The minimum atomic E-state index is -0.786. The van der Waals surface area contributed by atoms with Gasteiger partial charge in [0, 0.05) is 21.0 Å². The fourth-order valence-electron chi connectivity index (χ4n) is 1.92. The van der Waals surface area contributed by atoms with E-state index in [1.165, 1.54) is 11.6 Å². The number of carbonyl (C=O) groups is 2. The minimum Gasteiger partial charge on any atom is -0.358 e. The van der Waals surface area contributed by atoms with Crippen LogP contribution in [-0.4, -0.2) is 44.3 Å². The minimum absolute atomic E-state index is 0.0171. The fourth-order valence-corrected chi connectivity index (χ4v) is 1.92. The summed E-state index contributed by atoms with van der Waals surface area (Å²) in [6.45, 7) is 1.62. The van der Waals surface area contributed by atoms with Crippen LogP contribution in [-0.2, 0) is 16.6 Å². The lowest BCUT2D eigenvalue weighted by molar-refractivity contribution is -0.388. The Kier molecular flexibility index (Phi) is 2.97. The quantitative estimate of drug-likeness (QED) is 0.461. The topological polar surface area (TPSA) is 110 Å². The van der Waals surface area contributed by atoms with E-state index in [2.05, 4.69) is 10.3 Å². The maximum absolute atomic E-state index is 11.8. The van der Waals surface area contributed by atoms with Crippen molar-refractivity contribution in [3.8, 4) is 0 Å². The maximum atomic E-state index is 11.8. The number of nitrogens with one attached hydrogen (secondary N) is 1. The van der Waals surface area contributed by atoms with Gasteiger partial charge >= 0.3 is 5.82 Å². The lowest BCUT2D eigenvalue weighted by Crippen LogP contribution is -2.32. The molecule has 1 N–H and O–H groups in total. The number of anilines is 1. The number of imidazole rings is 1. The number of hydrogen-bond donors (Lipinski definition) is 1. The third kappa shape index (κ3) is 2.02. The van der Waals surface area contributed by atoms with E-state index in [0.717, 1.165) is 4.90 Å². The number of likely N-dealkylation sites (tertiary alicyclic amines) is 1. The highest BCUT2D eigenvalue weighted by molar-refractivity contribution is 6.06. The molecule has 2 amide bonds. The second-order valence-electron chi connectivity index (χ2n) is 4.34. The van der Waals surface area contributed by atoms with Crippen molar-refractivity contribution in [2.24, 2.45) is 7.05 Å². The van der Waals surface area contributed by atoms with Gasteiger partial charge in [0.1, 0.15) is 6.04 Å². The highest BCUT2D eigenvalue weighted by Gasteiger charge is 2.38. The molecule has 0 aromatic carbocycles. The summed E-state index contributed by atoms with van der Waals surface area (Å²) in [7, 11) is 2.98. The van der Waals surface area contributed by atoms with Gasteiger partial charge in [0.25, 0.3) is 5.91 Å². The SMILES string of the molecule is Cc1nc([N+](=O)[O-])c(NC2CC(=O)N(C)C2=O)n1C. The van der Waals surface area contributed by atoms with E-state index in [4.69, 9.17) is 0 Å². The Bertz CT molecular complexity index is 579. The molecule has 2 rings (SSSR count). The van der Waals surface area contributed by atoms with Gasteiger partial charge in [0.2, 0.25) is 17.5 Å². The number of likely N-dealkylation sites (N-methyl/N-ethyl adjacent to an activating group) is 1. The summed E-state index contributed by atoms with van der Waals surface area (Å²) in [6, 6.07) is -0.786. The van der Waals surface area contributed by atoms with Gasteiger partial charge < -0.3 is 15.4 Å². The normalized spacial score (nSPS) is 19.1. The van der Waals surface area contributed by atoms with Crippen LogP contribution < -0.4 is 5.32 Å². The Morgan fingerprint density at radius 1 is 1.42 bits per heavy atom. The largest absolute Gasteiger partial charge is 0.406 e. The van der Waals surface area contributed by atoms with E-state index in [1.807, 2.05) is 0 Å². The molecule has 1 unspecified atom stereocenters. The van der Waals surface area contributed by atoms with E-state index in [9.17, 15) is 19.7 Å². The van der Waals surface area contributed by atoms with Crippen LogP contribution in [0.25, 0.3) is 0 Å². The lowest BCUT2D eigenvalue weighted by atomic mass is 10.2. The molecule has 0 bridgehead atoms. The van der Waals surface area contributed by atoms with Crippen LogP contribution in [0, 0.1) is 17.0 Å². The number of aromatic nitrogens is 2. The smallest absolute Gasteiger partial charge is 0.358 e. The molecule has 1 fully saturated rings. The third-order valence-corrected chi connectivity index (χ3v) is 3.17. The molecule has 9 heteroatoms. The van der Waals surface area contributed by atoms with E-state index in [1.54, 1.807) is 14.0 Å². The third-order valence-electron chi connectivity index (χ3n) is 3.17. The number of hydrogen-bond acceptors (Lipinski definition) is 6. The van der Waals surface area contributed by atoms with Crippen molar-refractivity contribution in [1.82, 2.24) is 14.5 Å². The first-order chi connectivity index (χ1) is 8.82. The number of nitro groups is 1. The number of carbonyl (C=O) groups excluding carboxylic acids is 2. The highest BCUT2D eigenvalue weighted by atomic mass is 16.6. The van der Waals surface area contributed by atoms with Gasteiger partial charge in [0.15, 0.2) is 0 Å². The maximum Gasteiger partial charge on any atom is 0.406 e. The standard InChI is InChI=1S/C10H13N5O4/c1-5-11-9(15(18)19)8(13(5)2)12-6-4-7(16)14(3)10(6)17/h6,12H,4H2,1-3H3. The molecule has 0 radical (unpaired) electrons. The van der Waals surface area contributed by atoms with Crippen LogP contribution in [0.1, 0.15) is 12.2 Å². The van der Waals surface area contributed by atoms with E-state index in [0.29, 0.717) is 5.82 Å². The number of nitrogens with zero attached hydrogens (tertiary/aromatic N) is 4. The molecule has 9 nitrogen and oxygen atoms in total. The Morgan fingerprint density at radius 3 is 2.53 bits per heavy atom. The molecule has 0 aliphatic carbocycles. The molecule has 0 saturated carbocycles. The first-order valence-electron chi connectivity index (χ1n) is 5.57. The Balaban J connectivity index is 2.32. The number of amides is 2. The molecule has 0 spiro atoms. The van der Waals surface area contributed by atoms with Crippen molar-refractivity contribution < 1.29 is 14.5 Å².